The smallest absolute Gasteiger partial charge is 0.240 e. The van der Waals surface area contributed by atoms with E-state index in [2.05, 4.69) is 4.72 Å². The molecule has 1 aromatic carbocycles. The second kappa shape index (κ2) is 6.82. The van der Waals surface area contributed by atoms with Gasteiger partial charge in [0.05, 0.1) is 11.5 Å². The van der Waals surface area contributed by atoms with E-state index in [0.717, 1.165) is 31.4 Å². The molecule has 0 aliphatic rings. The summed E-state index contributed by atoms with van der Waals surface area (Å²) in [6.07, 6.45) is 2.73. The Kier molecular flexibility index (Phi) is 5.71. The molecule has 4 nitrogen and oxygen atoms in total. The van der Waals surface area contributed by atoms with Crippen LogP contribution in [0.5, 0.6) is 0 Å². The molecule has 0 heterocycles. The first-order chi connectivity index (χ1) is 8.51. The molecule has 1 aromatic rings. The van der Waals surface area contributed by atoms with E-state index in [1.54, 1.807) is 0 Å². The zero-order valence-electron chi connectivity index (χ0n) is 10.3. The lowest BCUT2D eigenvalue weighted by atomic mass is 10.2. The van der Waals surface area contributed by atoms with Crippen LogP contribution in [0, 0.1) is 5.82 Å². The van der Waals surface area contributed by atoms with Crippen LogP contribution in [-0.2, 0) is 16.6 Å². The molecule has 0 bridgehead atoms. The third-order valence-electron chi connectivity index (χ3n) is 2.57. The fraction of sp³-hybridized carbons (Fsp3) is 0.500. The largest absolute Gasteiger partial charge is 0.392 e. The van der Waals surface area contributed by atoms with E-state index in [1.807, 2.05) is 6.92 Å². The lowest BCUT2D eigenvalue weighted by Crippen LogP contribution is -2.25. The summed E-state index contributed by atoms with van der Waals surface area (Å²) in [5.74, 6) is -0.609. The standard InChI is InChI=1S/C12H18FNO3S/c1-2-3-4-7-14-18(16,17)11-5-6-12(13)10(8-11)9-15/h5-6,8,14-15H,2-4,7,9H2,1H3. The highest BCUT2D eigenvalue weighted by molar-refractivity contribution is 7.89. The topological polar surface area (TPSA) is 66.4 Å². The van der Waals surface area contributed by atoms with Crippen LogP contribution < -0.4 is 4.72 Å². The Morgan fingerprint density at radius 2 is 2.06 bits per heavy atom. The van der Waals surface area contributed by atoms with Crippen LogP contribution in [0.2, 0.25) is 0 Å². The quantitative estimate of drug-likeness (QED) is 0.746. The number of halogens is 1. The first-order valence-corrected chi connectivity index (χ1v) is 7.38. The SMILES string of the molecule is CCCCCNS(=O)(=O)c1ccc(F)c(CO)c1. The fourth-order valence-corrected chi connectivity index (χ4v) is 2.63. The highest BCUT2D eigenvalue weighted by Crippen LogP contribution is 2.15. The van der Waals surface area contributed by atoms with Crippen molar-refractivity contribution in [2.75, 3.05) is 6.54 Å². The Bertz CT molecular complexity index is 488. The van der Waals surface area contributed by atoms with Gasteiger partial charge in [-0.25, -0.2) is 17.5 Å². The van der Waals surface area contributed by atoms with Crippen LogP contribution in [0.25, 0.3) is 0 Å². The van der Waals surface area contributed by atoms with Gasteiger partial charge in [0.1, 0.15) is 5.82 Å². The summed E-state index contributed by atoms with van der Waals surface area (Å²) in [6, 6.07) is 3.39. The number of hydrogen-bond acceptors (Lipinski definition) is 3. The number of unbranched alkanes of at least 4 members (excludes halogenated alkanes) is 2. The maximum absolute atomic E-state index is 13.1. The number of nitrogens with one attached hydrogen (secondary N) is 1. The van der Waals surface area contributed by atoms with E-state index in [9.17, 15) is 12.8 Å². The Hall–Kier alpha value is -0.980. The van der Waals surface area contributed by atoms with Gasteiger partial charge in [-0.3, -0.25) is 0 Å². The fourth-order valence-electron chi connectivity index (χ4n) is 1.50. The van der Waals surface area contributed by atoms with Crippen molar-refractivity contribution < 1.29 is 17.9 Å². The van der Waals surface area contributed by atoms with Crippen molar-refractivity contribution in [2.24, 2.45) is 0 Å². The molecule has 0 aliphatic carbocycles. The van der Waals surface area contributed by atoms with Crippen LogP contribution in [-0.4, -0.2) is 20.1 Å². The summed E-state index contributed by atoms with van der Waals surface area (Å²) in [5.41, 5.74) is -0.0218. The Morgan fingerprint density at radius 1 is 1.33 bits per heavy atom. The lowest BCUT2D eigenvalue weighted by molar-refractivity contribution is 0.275. The minimum Gasteiger partial charge on any atom is -0.392 e. The van der Waals surface area contributed by atoms with E-state index in [4.69, 9.17) is 5.11 Å². The van der Waals surface area contributed by atoms with Gasteiger partial charge >= 0.3 is 0 Å². The number of aliphatic hydroxyl groups excluding tert-OH is 1. The molecule has 0 saturated carbocycles. The second-order valence-electron chi connectivity index (χ2n) is 4.02. The first-order valence-electron chi connectivity index (χ1n) is 5.90. The maximum Gasteiger partial charge on any atom is 0.240 e. The van der Waals surface area contributed by atoms with Crippen molar-refractivity contribution in [3.63, 3.8) is 0 Å². The van der Waals surface area contributed by atoms with Gasteiger partial charge < -0.3 is 5.11 Å². The van der Waals surface area contributed by atoms with Gasteiger partial charge in [-0.1, -0.05) is 19.8 Å². The van der Waals surface area contributed by atoms with Crippen molar-refractivity contribution in [1.29, 1.82) is 0 Å². The Morgan fingerprint density at radius 3 is 2.67 bits per heavy atom. The molecule has 102 valence electrons. The van der Waals surface area contributed by atoms with Crippen molar-refractivity contribution in [3.05, 3.63) is 29.6 Å². The average molecular weight is 275 g/mol. The van der Waals surface area contributed by atoms with E-state index in [-0.39, 0.29) is 10.5 Å². The van der Waals surface area contributed by atoms with Crippen LogP contribution >= 0.6 is 0 Å². The minimum atomic E-state index is -3.62. The highest BCUT2D eigenvalue weighted by atomic mass is 32.2. The molecule has 0 spiro atoms. The molecule has 6 heteroatoms. The Balaban J connectivity index is 2.78. The van der Waals surface area contributed by atoms with Crippen LogP contribution in [0.1, 0.15) is 31.7 Å². The van der Waals surface area contributed by atoms with Gasteiger partial charge in [0.2, 0.25) is 10.0 Å². The van der Waals surface area contributed by atoms with Gasteiger partial charge in [-0.05, 0) is 24.6 Å². The zero-order valence-corrected chi connectivity index (χ0v) is 11.1. The highest BCUT2D eigenvalue weighted by Gasteiger charge is 2.15. The van der Waals surface area contributed by atoms with E-state index in [0.29, 0.717) is 6.54 Å². The predicted octanol–water partition coefficient (Wildman–Crippen LogP) is 1.79. The monoisotopic (exact) mass is 275 g/mol. The average Bonchev–Trinajstić information content (AvgIpc) is 2.35. The van der Waals surface area contributed by atoms with E-state index >= 15 is 0 Å². The summed E-state index contributed by atoms with van der Waals surface area (Å²) in [4.78, 5) is -0.0237. The normalized spacial score (nSPS) is 11.7. The number of rotatable bonds is 7. The number of sulfonamides is 1. The molecule has 0 saturated heterocycles. The van der Waals surface area contributed by atoms with Gasteiger partial charge in [0.25, 0.3) is 0 Å². The van der Waals surface area contributed by atoms with Crippen LogP contribution in [0.15, 0.2) is 23.1 Å². The predicted molar refractivity (Wildman–Crippen MR) is 67.0 cm³/mol. The number of benzene rings is 1. The molecule has 0 aromatic heterocycles. The third kappa shape index (κ3) is 4.04. The van der Waals surface area contributed by atoms with E-state index in [1.165, 1.54) is 6.07 Å². The van der Waals surface area contributed by atoms with Gasteiger partial charge in [0.15, 0.2) is 0 Å². The summed E-state index contributed by atoms with van der Waals surface area (Å²) in [7, 11) is -3.62. The number of aliphatic hydroxyl groups is 1. The molecule has 0 unspecified atom stereocenters. The van der Waals surface area contributed by atoms with Gasteiger partial charge in [-0.2, -0.15) is 0 Å². The molecule has 0 atom stereocenters. The molecule has 18 heavy (non-hydrogen) atoms. The molecule has 0 aliphatic heterocycles. The Labute approximate surface area is 107 Å². The summed E-state index contributed by atoms with van der Waals surface area (Å²) in [5, 5.41) is 8.90. The van der Waals surface area contributed by atoms with Crippen molar-refractivity contribution in [1.82, 2.24) is 4.72 Å². The molecule has 0 amide bonds. The zero-order chi connectivity index (χ0) is 13.6. The molecular formula is C12H18FNO3S. The first kappa shape index (κ1) is 15.1. The lowest BCUT2D eigenvalue weighted by Gasteiger charge is -2.08. The summed E-state index contributed by atoms with van der Waals surface area (Å²) < 4.78 is 39.3. The summed E-state index contributed by atoms with van der Waals surface area (Å²) in [6.45, 7) is 1.87. The molecule has 0 radical (unpaired) electrons. The maximum atomic E-state index is 13.1. The van der Waals surface area contributed by atoms with Crippen molar-refractivity contribution >= 4 is 10.0 Å². The third-order valence-corrected chi connectivity index (χ3v) is 4.03. The van der Waals surface area contributed by atoms with Crippen LogP contribution in [0.4, 0.5) is 4.39 Å². The van der Waals surface area contributed by atoms with Crippen molar-refractivity contribution in [2.45, 2.75) is 37.7 Å². The van der Waals surface area contributed by atoms with E-state index < -0.39 is 22.4 Å². The molecule has 2 N–H and O–H groups in total. The molecule has 0 fully saturated rings. The van der Waals surface area contributed by atoms with Gasteiger partial charge in [-0.15, -0.1) is 0 Å². The molecular weight excluding hydrogens is 257 g/mol. The summed E-state index contributed by atoms with van der Waals surface area (Å²) >= 11 is 0. The van der Waals surface area contributed by atoms with Crippen molar-refractivity contribution in [3.8, 4) is 0 Å². The molecule has 1 rings (SSSR count). The second-order valence-corrected chi connectivity index (χ2v) is 5.78. The van der Waals surface area contributed by atoms with Crippen LogP contribution in [0.3, 0.4) is 0 Å². The number of hydrogen-bond donors (Lipinski definition) is 2. The van der Waals surface area contributed by atoms with Gasteiger partial charge in [0, 0.05) is 12.1 Å². The minimum absolute atomic E-state index is 0.0218.